The van der Waals surface area contributed by atoms with Crippen LogP contribution in [0.25, 0.3) is 11.4 Å². The molecule has 0 unspecified atom stereocenters. The highest BCUT2D eigenvalue weighted by atomic mass is 19.4. The fourth-order valence-electron chi connectivity index (χ4n) is 3.78. The number of methoxy groups -OCH3 is 1. The molecule has 1 aliphatic rings. The molecule has 0 amide bonds. The van der Waals surface area contributed by atoms with Crippen molar-refractivity contribution in [3.8, 4) is 17.1 Å². The predicted octanol–water partition coefficient (Wildman–Crippen LogP) is 4.33. The van der Waals surface area contributed by atoms with Gasteiger partial charge in [0.2, 0.25) is 0 Å². The molecule has 162 valence electrons. The minimum Gasteiger partial charge on any atom is -0.497 e. The molecule has 0 atom stereocenters. The zero-order valence-corrected chi connectivity index (χ0v) is 17.2. The Labute approximate surface area is 177 Å². The Balaban J connectivity index is 1.54. The summed E-state index contributed by atoms with van der Waals surface area (Å²) in [4.78, 5) is 22.2. The predicted molar refractivity (Wildman–Crippen MR) is 111 cm³/mol. The van der Waals surface area contributed by atoms with E-state index in [0.29, 0.717) is 36.3 Å². The molecule has 31 heavy (non-hydrogen) atoms. The molecule has 0 fully saturated rings. The van der Waals surface area contributed by atoms with Crippen LogP contribution in [0.1, 0.15) is 27.9 Å². The van der Waals surface area contributed by atoms with Crippen LogP contribution in [0.4, 0.5) is 13.2 Å². The van der Waals surface area contributed by atoms with Crippen LogP contribution < -0.4 is 10.3 Å². The number of nitrogens with zero attached hydrogens (tertiary/aromatic N) is 2. The second-order valence-electron chi connectivity index (χ2n) is 7.67. The number of rotatable bonds is 4. The number of alkyl halides is 3. The summed E-state index contributed by atoms with van der Waals surface area (Å²) < 4.78 is 43.6. The Morgan fingerprint density at radius 1 is 1.16 bits per heavy atom. The van der Waals surface area contributed by atoms with Crippen molar-refractivity contribution in [1.82, 2.24) is 14.9 Å². The van der Waals surface area contributed by atoms with Crippen molar-refractivity contribution in [2.45, 2.75) is 32.6 Å². The molecule has 1 N–H and O–H groups in total. The van der Waals surface area contributed by atoms with E-state index in [9.17, 15) is 18.0 Å². The molecular formula is C23H22F3N3O2. The van der Waals surface area contributed by atoms with Crippen molar-refractivity contribution >= 4 is 0 Å². The molecule has 0 spiro atoms. The molecule has 0 radical (unpaired) electrons. The summed E-state index contributed by atoms with van der Waals surface area (Å²) >= 11 is 0. The average Bonchev–Trinajstić information content (AvgIpc) is 2.75. The normalized spacial score (nSPS) is 14.4. The molecule has 0 aliphatic carbocycles. The first-order chi connectivity index (χ1) is 14.7. The summed E-state index contributed by atoms with van der Waals surface area (Å²) in [5.74, 6) is 1.10. The first kappa shape index (κ1) is 21.1. The van der Waals surface area contributed by atoms with E-state index in [0.717, 1.165) is 35.6 Å². The minimum absolute atomic E-state index is 0.254. The molecular weight excluding hydrogens is 407 g/mol. The molecule has 1 aromatic heterocycles. The quantitative estimate of drug-likeness (QED) is 0.671. The number of hydrogen-bond donors (Lipinski definition) is 1. The van der Waals surface area contributed by atoms with Crippen molar-refractivity contribution in [2.24, 2.45) is 0 Å². The Morgan fingerprint density at radius 2 is 1.90 bits per heavy atom. The standard InChI is InChI=1S/C23H22F3N3O2/c1-14-11-18(31-2)8-5-16(14)12-29-10-9-20-19(13-29)22(30)28-21(27-20)15-3-6-17(7-4-15)23(24,25)26/h3-8,11H,9-10,12-13H2,1-2H3,(H,27,28,30). The van der Waals surface area contributed by atoms with E-state index in [4.69, 9.17) is 4.74 Å². The Morgan fingerprint density at radius 3 is 2.55 bits per heavy atom. The van der Waals surface area contributed by atoms with Gasteiger partial charge in [0, 0.05) is 31.6 Å². The number of ether oxygens (including phenoxy) is 1. The number of halogens is 3. The Bertz CT molecular complexity index is 1150. The Hall–Kier alpha value is -3.13. The number of benzene rings is 2. The average molecular weight is 429 g/mol. The number of H-pyrrole nitrogens is 1. The van der Waals surface area contributed by atoms with Gasteiger partial charge in [-0.25, -0.2) is 4.98 Å². The van der Waals surface area contributed by atoms with Crippen molar-refractivity contribution in [3.63, 3.8) is 0 Å². The largest absolute Gasteiger partial charge is 0.497 e. The van der Waals surface area contributed by atoms with Gasteiger partial charge in [0.15, 0.2) is 0 Å². The lowest BCUT2D eigenvalue weighted by molar-refractivity contribution is -0.137. The van der Waals surface area contributed by atoms with Gasteiger partial charge in [0.1, 0.15) is 11.6 Å². The number of aryl methyl sites for hydroxylation is 1. The smallest absolute Gasteiger partial charge is 0.416 e. The monoisotopic (exact) mass is 429 g/mol. The highest BCUT2D eigenvalue weighted by Crippen LogP contribution is 2.30. The van der Waals surface area contributed by atoms with Gasteiger partial charge in [0.25, 0.3) is 5.56 Å². The lowest BCUT2D eigenvalue weighted by atomic mass is 10.0. The fraction of sp³-hybridized carbons (Fsp3) is 0.304. The number of aromatic nitrogens is 2. The van der Waals surface area contributed by atoms with E-state index >= 15 is 0 Å². The fourth-order valence-corrected chi connectivity index (χ4v) is 3.78. The van der Waals surface area contributed by atoms with Crippen LogP contribution in [0, 0.1) is 6.92 Å². The van der Waals surface area contributed by atoms with Crippen LogP contribution in [0.3, 0.4) is 0 Å². The third-order valence-corrected chi connectivity index (χ3v) is 5.58. The van der Waals surface area contributed by atoms with Crippen LogP contribution in [-0.2, 0) is 25.7 Å². The summed E-state index contributed by atoms with van der Waals surface area (Å²) in [7, 11) is 1.63. The van der Waals surface area contributed by atoms with E-state index in [1.807, 2.05) is 25.1 Å². The number of fused-ring (bicyclic) bond motifs is 1. The maximum absolute atomic E-state index is 12.8. The zero-order chi connectivity index (χ0) is 22.2. The second kappa shape index (κ2) is 8.19. The molecule has 2 aromatic carbocycles. The molecule has 1 aliphatic heterocycles. The Kier molecular flexibility index (Phi) is 5.58. The number of hydrogen-bond acceptors (Lipinski definition) is 4. The highest BCUT2D eigenvalue weighted by Gasteiger charge is 2.30. The van der Waals surface area contributed by atoms with Gasteiger partial charge in [-0.2, -0.15) is 13.2 Å². The summed E-state index contributed by atoms with van der Waals surface area (Å²) in [5.41, 5.74) is 3.04. The third kappa shape index (κ3) is 4.49. The van der Waals surface area contributed by atoms with E-state index in [2.05, 4.69) is 14.9 Å². The van der Waals surface area contributed by atoms with Crippen LogP contribution >= 0.6 is 0 Å². The van der Waals surface area contributed by atoms with E-state index in [1.54, 1.807) is 7.11 Å². The maximum Gasteiger partial charge on any atom is 0.416 e. The summed E-state index contributed by atoms with van der Waals surface area (Å²) in [5, 5.41) is 0. The van der Waals surface area contributed by atoms with E-state index in [-0.39, 0.29) is 11.4 Å². The zero-order valence-electron chi connectivity index (χ0n) is 17.2. The lowest BCUT2D eigenvalue weighted by Crippen LogP contribution is -2.35. The number of aromatic amines is 1. The molecule has 0 saturated heterocycles. The summed E-state index contributed by atoms with van der Waals surface area (Å²) in [6, 6.07) is 10.6. The van der Waals surface area contributed by atoms with Crippen molar-refractivity contribution in [1.29, 1.82) is 0 Å². The topological polar surface area (TPSA) is 58.2 Å². The highest BCUT2D eigenvalue weighted by molar-refractivity contribution is 5.56. The van der Waals surface area contributed by atoms with Gasteiger partial charge in [-0.15, -0.1) is 0 Å². The molecule has 8 heteroatoms. The van der Waals surface area contributed by atoms with E-state index < -0.39 is 11.7 Å². The molecule has 2 heterocycles. The van der Waals surface area contributed by atoms with Crippen LogP contribution in [0.2, 0.25) is 0 Å². The number of nitrogens with one attached hydrogen (secondary N) is 1. The van der Waals surface area contributed by atoms with Gasteiger partial charge in [-0.1, -0.05) is 18.2 Å². The second-order valence-corrected chi connectivity index (χ2v) is 7.67. The molecule has 4 rings (SSSR count). The summed E-state index contributed by atoms with van der Waals surface area (Å²) in [6.07, 6.45) is -3.80. The first-order valence-electron chi connectivity index (χ1n) is 9.90. The van der Waals surface area contributed by atoms with Gasteiger partial charge in [0.05, 0.1) is 23.9 Å². The van der Waals surface area contributed by atoms with E-state index in [1.165, 1.54) is 12.1 Å². The van der Waals surface area contributed by atoms with Gasteiger partial charge < -0.3 is 9.72 Å². The molecule has 3 aromatic rings. The van der Waals surface area contributed by atoms with Crippen LogP contribution in [-0.4, -0.2) is 28.5 Å². The van der Waals surface area contributed by atoms with Crippen molar-refractivity contribution < 1.29 is 17.9 Å². The van der Waals surface area contributed by atoms with Gasteiger partial charge >= 0.3 is 6.18 Å². The maximum atomic E-state index is 12.8. The van der Waals surface area contributed by atoms with Gasteiger partial charge in [-0.3, -0.25) is 9.69 Å². The third-order valence-electron chi connectivity index (χ3n) is 5.58. The molecule has 0 saturated carbocycles. The minimum atomic E-state index is -4.40. The first-order valence-corrected chi connectivity index (χ1v) is 9.90. The van der Waals surface area contributed by atoms with Crippen LogP contribution in [0.5, 0.6) is 5.75 Å². The lowest BCUT2D eigenvalue weighted by Gasteiger charge is -2.28. The molecule has 0 bridgehead atoms. The van der Waals surface area contributed by atoms with Crippen molar-refractivity contribution in [3.05, 3.63) is 80.8 Å². The summed E-state index contributed by atoms with van der Waals surface area (Å²) in [6.45, 7) is 3.94. The van der Waals surface area contributed by atoms with Gasteiger partial charge in [-0.05, 0) is 42.3 Å². The van der Waals surface area contributed by atoms with Crippen molar-refractivity contribution in [2.75, 3.05) is 13.7 Å². The van der Waals surface area contributed by atoms with Crippen LogP contribution in [0.15, 0.2) is 47.3 Å². The SMILES string of the molecule is COc1ccc(CN2CCc3nc(-c4ccc(C(F)(F)F)cc4)[nH]c(=O)c3C2)c(C)c1. The molecule has 5 nitrogen and oxygen atoms in total.